The highest BCUT2D eigenvalue weighted by molar-refractivity contribution is 7.93. The third-order valence-corrected chi connectivity index (χ3v) is 11.0. The fourth-order valence-electron chi connectivity index (χ4n) is 6.82. The quantitative estimate of drug-likeness (QED) is 0.328. The highest BCUT2D eigenvalue weighted by Crippen LogP contribution is 2.60. The number of nitrogens with zero attached hydrogens (tertiary/aromatic N) is 1. The van der Waals surface area contributed by atoms with Crippen LogP contribution in [0.1, 0.15) is 76.8 Å². The Hall–Kier alpha value is -3.36. The summed E-state index contributed by atoms with van der Waals surface area (Å²) in [6.07, 6.45) is 6.83. The Morgan fingerprint density at radius 3 is 2.44 bits per heavy atom. The number of nitrogens with one attached hydrogen (secondary N) is 1. The molecule has 1 atom stereocenters. The van der Waals surface area contributed by atoms with E-state index in [0.29, 0.717) is 22.8 Å². The van der Waals surface area contributed by atoms with E-state index in [1.807, 2.05) is 24.3 Å². The highest BCUT2D eigenvalue weighted by Gasteiger charge is 2.59. The monoisotopic (exact) mass is 592 g/mol. The maximum Gasteiger partial charge on any atom is 0.337 e. The zero-order valence-electron chi connectivity index (χ0n) is 22.9. The minimum atomic E-state index is -4.02. The minimum absolute atomic E-state index is 0.0615. The Balaban J connectivity index is 1.41. The summed E-state index contributed by atoms with van der Waals surface area (Å²) in [5.41, 5.74) is 2.73. The van der Waals surface area contributed by atoms with Gasteiger partial charge in [-0.25, -0.2) is 13.2 Å². The van der Waals surface area contributed by atoms with E-state index in [-0.39, 0.29) is 33.7 Å². The molecule has 1 aliphatic heterocycles. The van der Waals surface area contributed by atoms with E-state index < -0.39 is 16.0 Å². The molecule has 0 bridgehead atoms. The number of hydrogen-bond acceptors (Lipinski definition) is 5. The van der Waals surface area contributed by atoms with Crippen molar-refractivity contribution in [3.8, 4) is 0 Å². The lowest BCUT2D eigenvalue weighted by Gasteiger charge is -2.42. The standard InChI is InChI=1S/C32H33ClN2O5S/c1-40-31(37)23-9-7-10-25(18-23)41(38,39)35-28-15-14-22(30(36)34-20-24-8-3-4-11-27(24)33)19-26(28)32(16-5-2-6-17-32)29(35)21-12-13-21/h3-4,7-11,14-15,18-19,21,29H,2,5-6,12-13,16-17,20H2,1H3,(H,34,36). The van der Waals surface area contributed by atoms with Gasteiger partial charge in [0.25, 0.3) is 15.9 Å². The molecule has 2 saturated carbocycles. The third-order valence-electron chi connectivity index (χ3n) is 8.87. The van der Waals surface area contributed by atoms with Crippen molar-refractivity contribution in [3.05, 3.63) is 94.0 Å². The molecule has 0 aromatic heterocycles. The number of carbonyl (C=O) groups is 2. The van der Waals surface area contributed by atoms with Crippen molar-refractivity contribution in [1.29, 1.82) is 0 Å². The molecular weight excluding hydrogens is 560 g/mol. The van der Waals surface area contributed by atoms with Gasteiger partial charge in [-0.2, -0.15) is 0 Å². The first-order chi connectivity index (χ1) is 19.8. The normalized spacial score (nSPS) is 19.6. The van der Waals surface area contributed by atoms with Gasteiger partial charge in [0, 0.05) is 22.5 Å². The van der Waals surface area contributed by atoms with Crippen LogP contribution < -0.4 is 9.62 Å². The molecule has 0 saturated heterocycles. The zero-order valence-corrected chi connectivity index (χ0v) is 24.5. The zero-order chi connectivity index (χ0) is 28.8. The van der Waals surface area contributed by atoms with Crippen LogP contribution in [-0.2, 0) is 26.7 Å². The van der Waals surface area contributed by atoms with E-state index in [4.69, 9.17) is 16.3 Å². The number of methoxy groups -OCH3 is 1. The van der Waals surface area contributed by atoms with Crippen molar-refractivity contribution in [3.63, 3.8) is 0 Å². The van der Waals surface area contributed by atoms with Crippen LogP contribution >= 0.6 is 11.6 Å². The number of anilines is 1. The lowest BCUT2D eigenvalue weighted by atomic mass is 9.65. The smallest absolute Gasteiger partial charge is 0.337 e. The molecule has 0 radical (unpaired) electrons. The van der Waals surface area contributed by atoms with Crippen molar-refractivity contribution in [2.24, 2.45) is 5.92 Å². The van der Waals surface area contributed by atoms with Crippen LogP contribution in [0.4, 0.5) is 5.69 Å². The van der Waals surface area contributed by atoms with E-state index in [0.717, 1.165) is 56.1 Å². The summed E-state index contributed by atoms with van der Waals surface area (Å²) in [6, 6.07) is 18.6. The summed E-state index contributed by atoms with van der Waals surface area (Å²) in [6.45, 7) is 0.294. The second kappa shape index (κ2) is 10.8. The van der Waals surface area contributed by atoms with Gasteiger partial charge in [-0.05, 0) is 85.2 Å². The van der Waals surface area contributed by atoms with Crippen LogP contribution in [0.25, 0.3) is 0 Å². The Kier molecular flexibility index (Phi) is 7.32. The number of amides is 1. The topological polar surface area (TPSA) is 92.8 Å². The van der Waals surface area contributed by atoms with Crippen LogP contribution in [0.2, 0.25) is 5.02 Å². The van der Waals surface area contributed by atoms with Crippen LogP contribution in [0, 0.1) is 5.92 Å². The number of benzene rings is 3. The molecule has 1 amide bonds. The first-order valence-electron chi connectivity index (χ1n) is 14.2. The first-order valence-corrected chi connectivity index (χ1v) is 16.0. The predicted octanol–water partition coefficient (Wildman–Crippen LogP) is 6.25. The minimum Gasteiger partial charge on any atom is -0.465 e. The molecule has 1 unspecified atom stereocenters. The Bertz CT molecular complexity index is 1610. The van der Waals surface area contributed by atoms with Gasteiger partial charge in [-0.15, -0.1) is 0 Å². The number of carbonyl (C=O) groups excluding carboxylic acids is 2. The predicted molar refractivity (Wildman–Crippen MR) is 158 cm³/mol. The summed E-state index contributed by atoms with van der Waals surface area (Å²) in [5, 5.41) is 3.57. The van der Waals surface area contributed by atoms with Gasteiger partial charge in [-0.1, -0.05) is 55.1 Å². The Morgan fingerprint density at radius 2 is 1.73 bits per heavy atom. The summed E-state index contributed by atoms with van der Waals surface area (Å²) in [4.78, 5) is 25.6. The van der Waals surface area contributed by atoms with Gasteiger partial charge in [0.05, 0.1) is 29.3 Å². The van der Waals surface area contributed by atoms with E-state index in [1.165, 1.54) is 19.2 Å². The molecule has 214 valence electrons. The summed E-state index contributed by atoms with van der Waals surface area (Å²) >= 11 is 6.28. The summed E-state index contributed by atoms with van der Waals surface area (Å²) < 4.78 is 35.3. The van der Waals surface area contributed by atoms with Gasteiger partial charge in [-0.3, -0.25) is 9.10 Å². The largest absolute Gasteiger partial charge is 0.465 e. The molecule has 3 aromatic rings. The average Bonchev–Trinajstić information content (AvgIpc) is 3.80. The summed E-state index contributed by atoms with van der Waals surface area (Å²) in [5.74, 6) is -0.566. The fourth-order valence-corrected chi connectivity index (χ4v) is 8.86. The number of rotatable bonds is 7. The van der Waals surface area contributed by atoms with Crippen LogP contribution in [0.15, 0.2) is 71.6 Å². The van der Waals surface area contributed by atoms with Gasteiger partial charge in [0.2, 0.25) is 0 Å². The number of sulfonamides is 1. The SMILES string of the molecule is COC(=O)c1cccc(S(=O)(=O)N2c3ccc(C(=O)NCc4ccccc4Cl)cc3C3(CCCCC3)C2C2CC2)c1. The third kappa shape index (κ3) is 4.91. The maximum absolute atomic E-state index is 14.4. The van der Waals surface area contributed by atoms with E-state index in [1.54, 1.807) is 34.6 Å². The first kappa shape index (κ1) is 27.8. The lowest BCUT2D eigenvalue weighted by molar-refractivity contribution is 0.0600. The maximum atomic E-state index is 14.4. The van der Waals surface area contributed by atoms with Gasteiger partial charge in [0.1, 0.15) is 0 Å². The Morgan fingerprint density at radius 1 is 0.976 bits per heavy atom. The second-order valence-corrected chi connectivity index (χ2v) is 13.5. The van der Waals surface area contributed by atoms with Crippen molar-refractivity contribution in [2.45, 2.75) is 67.8 Å². The highest BCUT2D eigenvalue weighted by atomic mass is 35.5. The molecule has 3 aliphatic rings. The number of halogens is 1. The molecule has 1 N–H and O–H groups in total. The fraction of sp³-hybridized carbons (Fsp3) is 0.375. The van der Waals surface area contributed by atoms with Crippen LogP contribution in [0.3, 0.4) is 0 Å². The van der Waals surface area contributed by atoms with Crippen molar-refractivity contribution in [1.82, 2.24) is 5.32 Å². The summed E-state index contributed by atoms with van der Waals surface area (Å²) in [7, 11) is -2.74. The second-order valence-electron chi connectivity index (χ2n) is 11.3. The molecule has 6 rings (SSSR count). The molecule has 1 spiro atoms. The lowest BCUT2D eigenvalue weighted by Crippen LogP contribution is -2.49. The molecule has 2 fully saturated rings. The van der Waals surface area contributed by atoms with E-state index >= 15 is 0 Å². The number of hydrogen-bond donors (Lipinski definition) is 1. The van der Waals surface area contributed by atoms with Crippen LogP contribution in [0.5, 0.6) is 0 Å². The van der Waals surface area contributed by atoms with E-state index in [9.17, 15) is 18.0 Å². The van der Waals surface area contributed by atoms with Crippen LogP contribution in [-0.4, -0.2) is 33.4 Å². The van der Waals surface area contributed by atoms with E-state index in [2.05, 4.69) is 5.32 Å². The number of esters is 1. The van der Waals surface area contributed by atoms with Gasteiger partial charge in [0.15, 0.2) is 0 Å². The van der Waals surface area contributed by atoms with Gasteiger partial charge >= 0.3 is 5.97 Å². The molecule has 41 heavy (non-hydrogen) atoms. The molecular formula is C32H33ClN2O5S. The number of fused-ring (bicyclic) bond motifs is 2. The molecule has 3 aromatic carbocycles. The molecule has 7 nitrogen and oxygen atoms in total. The molecule has 2 aliphatic carbocycles. The average molecular weight is 593 g/mol. The Labute approximate surface area is 245 Å². The number of ether oxygens (including phenoxy) is 1. The van der Waals surface area contributed by atoms with Crippen molar-refractivity contribution >= 4 is 39.2 Å². The van der Waals surface area contributed by atoms with Gasteiger partial charge < -0.3 is 10.1 Å². The molecule has 9 heteroatoms. The van der Waals surface area contributed by atoms with Crippen molar-refractivity contribution in [2.75, 3.05) is 11.4 Å². The molecule has 1 heterocycles. The van der Waals surface area contributed by atoms with Crippen molar-refractivity contribution < 1.29 is 22.7 Å².